The van der Waals surface area contributed by atoms with Crippen LogP contribution in [0.4, 0.5) is 0 Å². The molecule has 2 heterocycles. The first-order valence-electron chi connectivity index (χ1n) is 6.11. The van der Waals surface area contributed by atoms with Crippen LogP contribution in [0.3, 0.4) is 0 Å². The Morgan fingerprint density at radius 2 is 2.19 bits per heavy atom. The molecule has 0 bridgehead atoms. The zero-order valence-corrected chi connectivity index (χ0v) is 11.5. The fraction of sp³-hybridized carbons (Fsp3) is 0.0714. The number of rotatable bonds is 4. The molecule has 3 aromatic rings. The maximum absolute atomic E-state index is 11.9. The van der Waals surface area contributed by atoms with Crippen molar-refractivity contribution in [2.75, 3.05) is 0 Å². The van der Waals surface area contributed by atoms with Crippen LogP contribution in [0.15, 0.2) is 35.3 Å². The number of para-hydroxylation sites is 1. The predicted molar refractivity (Wildman–Crippen MR) is 78.0 cm³/mol. The molecule has 6 nitrogen and oxygen atoms in total. The SMILES string of the molecule is O=COCc1cccc2[nH]c(-c3c(Cl)cc[nH]c3=O)nc12. The van der Waals surface area contributed by atoms with Crippen LogP contribution >= 0.6 is 11.6 Å². The summed E-state index contributed by atoms with van der Waals surface area (Å²) in [6.45, 7) is 0.495. The third-order valence-corrected chi connectivity index (χ3v) is 3.36. The summed E-state index contributed by atoms with van der Waals surface area (Å²) in [7, 11) is 0. The van der Waals surface area contributed by atoms with Gasteiger partial charge in [0, 0.05) is 11.8 Å². The first kappa shape index (κ1) is 13.4. The van der Waals surface area contributed by atoms with Crippen molar-refractivity contribution < 1.29 is 9.53 Å². The lowest BCUT2D eigenvalue weighted by Gasteiger charge is -1.99. The van der Waals surface area contributed by atoms with Crippen LogP contribution in [0.5, 0.6) is 0 Å². The molecule has 0 atom stereocenters. The van der Waals surface area contributed by atoms with Crippen molar-refractivity contribution >= 4 is 29.1 Å². The quantitative estimate of drug-likeness (QED) is 0.724. The standard InChI is InChI=1S/C14H10ClN3O3/c15-9-4-5-16-14(20)11(9)13-17-10-3-1-2-8(6-21-7-19)12(10)18-13/h1-5,7H,6H2,(H,16,20)(H,17,18). The van der Waals surface area contributed by atoms with Crippen molar-refractivity contribution in [1.29, 1.82) is 0 Å². The lowest BCUT2D eigenvalue weighted by molar-refractivity contribution is -0.129. The third-order valence-electron chi connectivity index (χ3n) is 3.05. The minimum absolute atomic E-state index is 0.115. The molecule has 0 spiro atoms. The third kappa shape index (κ3) is 2.41. The van der Waals surface area contributed by atoms with Gasteiger partial charge in [0.25, 0.3) is 12.0 Å². The topological polar surface area (TPSA) is 87.8 Å². The number of carbonyl (C=O) groups is 1. The molecular weight excluding hydrogens is 294 g/mol. The summed E-state index contributed by atoms with van der Waals surface area (Å²) in [6.07, 6.45) is 1.47. The van der Waals surface area contributed by atoms with Crippen LogP contribution in [-0.4, -0.2) is 21.4 Å². The summed E-state index contributed by atoms with van der Waals surface area (Å²) in [4.78, 5) is 32.2. The normalized spacial score (nSPS) is 10.7. The maximum Gasteiger partial charge on any atom is 0.293 e. The molecular formula is C14H10ClN3O3. The number of hydrogen-bond acceptors (Lipinski definition) is 4. The number of nitrogens with one attached hydrogen (secondary N) is 2. The average molecular weight is 304 g/mol. The van der Waals surface area contributed by atoms with Crippen molar-refractivity contribution in [2.24, 2.45) is 0 Å². The van der Waals surface area contributed by atoms with Crippen LogP contribution in [-0.2, 0) is 16.1 Å². The minimum atomic E-state index is -0.327. The molecule has 1 aromatic carbocycles. The minimum Gasteiger partial charge on any atom is -0.463 e. The van der Waals surface area contributed by atoms with E-state index in [2.05, 4.69) is 15.0 Å². The molecule has 106 valence electrons. The first-order chi connectivity index (χ1) is 10.2. The molecule has 0 aliphatic carbocycles. The Morgan fingerprint density at radius 3 is 2.95 bits per heavy atom. The zero-order valence-electron chi connectivity index (χ0n) is 10.7. The van der Waals surface area contributed by atoms with Crippen LogP contribution < -0.4 is 5.56 Å². The van der Waals surface area contributed by atoms with Crippen molar-refractivity contribution in [3.05, 3.63) is 51.4 Å². The number of carbonyl (C=O) groups excluding carboxylic acids is 1. The number of aromatic nitrogens is 3. The van der Waals surface area contributed by atoms with Gasteiger partial charge in [0.2, 0.25) is 0 Å². The molecule has 0 aliphatic heterocycles. The molecule has 0 fully saturated rings. The number of ether oxygens (including phenoxy) is 1. The molecule has 3 rings (SSSR count). The van der Waals surface area contributed by atoms with Gasteiger partial charge in [-0.2, -0.15) is 0 Å². The number of benzene rings is 1. The molecule has 21 heavy (non-hydrogen) atoms. The Bertz CT molecular complexity index is 869. The van der Waals surface area contributed by atoms with Crippen molar-refractivity contribution in [3.63, 3.8) is 0 Å². The fourth-order valence-electron chi connectivity index (χ4n) is 2.13. The summed E-state index contributed by atoms with van der Waals surface area (Å²) in [5.74, 6) is 0.371. The van der Waals surface area contributed by atoms with E-state index in [4.69, 9.17) is 16.3 Å². The molecule has 2 N–H and O–H groups in total. The lowest BCUT2D eigenvalue weighted by Crippen LogP contribution is -2.08. The van der Waals surface area contributed by atoms with Crippen LogP contribution in [0.25, 0.3) is 22.4 Å². The Labute approximate surface area is 123 Å². The highest BCUT2D eigenvalue weighted by molar-refractivity contribution is 6.33. The van der Waals surface area contributed by atoms with E-state index in [-0.39, 0.29) is 17.7 Å². The second kappa shape index (κ2) is 5.41. The van der Waals surface area contributed by atoms with Gasteiger partial charge in [-0.05, 0) is 12.1 Å². The Balaban J connectivity index is 2.17. The number of pyridine rings is 1. The molecule has 7 heteroatoms. The Morgan fingerprint density at radius 1 is 1.33 bits per heavy atom. The van der Waals surface area contributed by atoms with Gasteiger partial charge in [-0.1, -0.05) is 23.7 Å². The van der Waals surface area contributed by atoms with E-state index in [0.717, 1.165) is 11.1 Å². The number of H-pyrrole nitrogens is 2. The van der Waals surface area contributed by atoms with Crippen LogP contribution in [0.1, 0.15) is 5.56 Å². The van der Waals surface area contributed by atoms with E-state index < -0.39 is 0 Å². The highest BCUT2D eigenvalue weighted by atomic mass is 35.5. The van der Waals surface area contributed by atoms with E-state index in [1.54, 1.807) is 12.1 Å². The Hall–Kier alpha value is -2.60. The molecule has 0 radical (unpaired) electrons. The summed E-state index contributed by atoms with van der Waals surface area (Å²) >= 11 is 6.06. The van der Waals surface area contributed by atoms with Crippen molar-refractivity contribution in [3.8, 4) is 11.4 Å². The van der Waals surface area contributed by atoms with Gasteiger partial charge in [-0.25, -0.2) is 4.98 Å². The summed E-state index contributed by atoms with van der Waals surface area (Å²) in [5.41, 5.74) is 2.06. The van der Waals surface area contributed by atoms with E-state index in [0.29, 0.717) is 22.8 Å². The van der Waals surface area contributed by atoms with Gasteiger partial charge >= 0.3 is 0 Å². The predicted octanol–water partition coefficient (Wildman–Crippen LogP) is 2.24. The lowest BCUT2D eigenvalue weighted by atomic mass is 10.2. The van der Waals surface area contributed by atoms with Gasteiger partial charge in [0.05, 0.1) is 16.1 Å². The summed E-state index contributed by atoms with van der Waals surface area (Å²) < 4.78 is 4.76. The van der Waals surface area contributed by atoms with E-state index in [1.807, 2.05) is 12.1 Å². The number of aromatic amines is 2. The van der Waals surface area contributed by atoms with E-state index in [9.17, 15) is 9.59 Å². The van der Waals surface area contributed by atoms with Gasteiger partial charge in [0.15, 0.2) is 0 Å². The molecule has 0 unspecified atom stereocenters. The smallest absolute Gasteiger partial charge is 0.293 e. The van der Waals surface area contributed by atoms with Gasteiger partial charge in [-0.15, -0.1) is 0 Å². The highest BCUT2D eigenvalue weighted by Gasteiger charge is 2.14. The largest absolute Gasteiger partial charge is 0.463 e. The van der Waals surface area contributed by atoms with Crippen molar-refractivity contribution in [1.82, 2.24) is 15.0 Å². The number of hydrogen-bond donors (Lipinski definition) is 2. The number of fused-ring (bicyclic) bond motifs is 1. The number of halogens is 1. The highest BCUT2D eigenvalue weighted by Crippen LogP contribution is 2.25. The first-order valence-corrected chi connectivity index (χ1v) is 6.49. The van der Waals surface area contributed by atoms with Crippen LogP contribution in [0.2, 0.25) is 5.02 Å². The second-order valence-corrected chi connectivity index (χ2v) is 4.74. The Kier molecular flexibility index (Phi) is 3.45. The zero-order chi connectivity index (χ0) is 14.8. The van der Waals surface area contributed by atoms with Gasteiger partial charge in [-0.3, -0.25) is 9.59 Å². The molecule has 2 aromatic heterocycles. The average Bonchev–Trinajstić information content (AvgIpc) is 2.89. The fourth-order valence-corrected chi connectivity index (χ4v) is 2.36. The molecule has 0 aliphatic rings. The second-order valence-electron chi connectivity index (χ2n) is 4.34. The van der Waals surface area contributed by atoms with Crippen LogP contribution in [0, 0.1) is 0 Å². The van der Waals surface area contributed by atoms with E-state index >= 15 is 0 Å². The maximum atomic E-state index is 11.9. The van der Waals surface area contributed by atoms with E-state index in [1.165, 1.54) is 6.20 Å². The molecule has 0 saturated heterocycles. The molecule has 0 saturated carbocycles. The number of imidazole rings is 1. The van der Waals surface area contributed by atoms with Gasteiger partial charge in [0.1, 0.15) is 18.0 Å². The summed E-state index contributed by atoms with van der Waals surface area (Å²) in [5, 5.41) is 0.309. The molecule has 0 amide bonds. The summed E-state index contributed by atoms with van der Waals surface area (Å²) in [6, 6.07) is 7.01. The monoisotopic (exact) mass is 303 g/mol. The van der Waals surface area contributed by atoms with Gasteiger partial charge < -0.3 is 14.7 Å². The number of nitrogens with zero attached hydrogens (tertiary/aromatic N) is 1. The van der Waals surface area contributed by atoms with Crippen molar-refractivity contribution in [2.45, 2.75) is 6.61 Å².